The van der Waals surface area contributed by atoms with Crippen molar-refractivity contribution in [1.29, 1.82) is 0 Å². The first-order chi connectivity index (χ1) is 13.9. The molecular formula is C21H18BrNO5S. The minimum absolute atomic E-state index is 0.0213. The van der Waals surface area contributed by atoms with Crippen molar-refractivity contribution in [3.05, 3.63) is 68.7 Å². The molecule has 0 bridgehead atoms. The van der Waals surface area contributed by atoms with Crippen LogP contribution in [-0.4, -0.2) is 34.9 Å². The number of aromatic hydroxyl groups is 1. The Balaban J connectivity index is 2.07. The quantitative estimate of drug-likeness (QED) is 0.566. The highest BCUT2D eigenvalue weighted by molar-refractivity contribution is 9.10. The van der Waals surface area contributed by atoms with Gasteiger partial charge in [-0.1, -0.05) is 30.0 Å². The summed E-state index contributed by atoms with van der Waals surface area (Å²) in [6.45, 7) is 1.88. The highest BCUT2D eigenvalue weighted by Gasteiger charge is 2.33. The Morgan fingerprint density at radius 1 is 1.24 bits per heavy atom. The van der Waals surface area contributed by atoms with E-state index in [1.807, 2.05) is 18.2 Å². The zero-order valence-electron chi connectivity index (χ0n) is 15.7. The summed E-state index contributed by atoms with van der Waals surface area (Å²) in [6.07, 6.45) is 1.68. The first-order valence-electron chi connectivity index (χ1n) is 8.65. The number of carbonyl (C=O) groups is 1. The molecule has 2 N–H and O–H groups in total. The number of methoxy groups -OCH3 is 1. The number of nitrogens with zero attached hydrogens (tertiary/aromatic N) is 1. The molecule has 0 amide bonds. The van der Waals surface area contributed by atoms with Gasteiger partial charge < -0.3 is 19.7 Å². The zero-order valence-corrected chi connectivity index (χ0v) is 18.1. The fraction of sp³-hybridized carbons (Fsp3) is 0.143. The third-order valence-electron chi connectivity index (χ3n) is 3.93. The summed E-state index contributed by atoms with van der Waals surface area (Å²) in [5, 5.41) is 21.1. The van der Waals surface area contributed by atoms with Gasteiger partial charge in [-0.2, -0.15) is 0 Å². The molecule has 0 aromatic heterocycles. The van der Waals surface area contributed by atoms with Crippen LogP contribution in [0.1, 0.15) is 12.5 Å². The van der Waals surface area contributed by atoms with Crippen LogP contribution in [0.25, 0.3) is 6.08 Å². The average Bonchev–Trinajstić information content (AvgIpc) is 3.00. The van der Waals surface area contributed by atoms with Crippen LogP contribution in [0.4, 0.5) is 5.69 Å². The predicted octanol–water partition coefficient (Wildman–Crippen LogP) is 5.36. The monoisotopic (exact) mass is 475 g/mol. The maximum atomic E-state index is 12.4. The molecule has 0 unspecified atom stereocenters. The maximum Gasteiger partial charge on any atom is 0.344 e. The van der Waals surface area contributed by atoms with Crippen molar-refractivity contribution in [2.24, 2.45) is 4.99 Å². The van der Waals surface area contributed by atoms with Crippen LogP contribution in [-0.2, 0) is 9.53 Å². The molecular weight excluding hydrogens is 458 g/mol. The second kappa shape index (κ2) is 9.19. The first kappa shape index (κ1) is 21.0. The number of aliphatic hydroxyl groups excluding tert-OH is 1. The molecule has 1 aliphatic heterocycles. The summed E-state index contributed by atoms with van der Waals surface area (Å²) in [5.74, 6) is -0.583. The molecule has 1 heterocycles. The molecule has 6 nitrogen and oxygen atoms in total. The molecule has 0 saturated heterocycles. The van der Waals surface area contributed by atoms with Crippen LogP contribution in [0.5, 0.6) is 11.5 Å². The number of rotatable bonds is 5. The van der Waals surface area contributed by atoms with Crippen molar-refractivity contribution in [2.45, 2.75) is 6.92 Å². The van der Waals surface area contributed by atoms with Gasteiger partial charge in [0.1, 0.15) is 16.4 Å². The summed E-state index contributed by atoms with van der Waals surface area (Å²) in [7, 11) is 1.45. The number of carbonyl (C=O) groups excluding carboxylic acids is 1. The van der Waals surface area contributed by atoms with Crippen molar-refractivity contribution in [3.8, 4) is 11.5 Å². The number of benzene rings is 2. The van der Waals surface area contributed by atoms with E-state index in [1.54, 1.807) is 37.3 Å². The van der Waals surface area contributed by atoms with Gasteiger partial charge in [0.25, 0.3) is 0 Å². The number of phenols is 1. The van der Waals surface area contributed by atoms with E-state index >= 15 is 0 Å². The van der Waals surface area contributed by atoms with E-state index in [0.29, 0.717) is 25.7 Å². The van der Waals surface area contributed by atoms with Crippen LogP contribution in [0.2, 0.25) is 0 Å². The molecule has 0 spiro atoms. The van der Waals surface area contributed by atoms with Gasteiger partial charge in [0, 0.05) is 0 Å². The van der Waals surface area contributed by atoms with E-state index in [0.717, 1.165) is 11.8 Å². The number of hydrogen-bond acceptors (Lipinski definition) is 7. The number of halogens is 1. The molecule has 150 valence electrons. The minimum Gasteiger partial charge on any atom is -0.506 e. The fourth-order valence-electron chi connectivity index (χ4n) is 2.60. The molecule has 29 heavy (non-hydrogen) atoms. The van der Waals surface area contributed by atoms with Gasteiger partial charge in [-0.3, -0.25) is 0 Å². The lowest BCUT2D eigenvalue weighted by molar-refractivity contribution is -0.138. The number of ether oxygens (including phenoxy) is 2. The van der Waals surface area contributed by atoms with E-state index < -0.39 is 5.97 Å². The number of phenolic OH excluding ortho intramolecular Hbond substituents is 1. The number of esters is 1. The van der Waals surface area contributed by atoms with Crippen LogP contribution in [0, 0.1) is 0 Å². The Morgan fingerprint density at radius 2 is 1.97 bits per heavy atom. The number of hydrogen-bond donors (Lipinski definition) is 2. The molecule has 8 heteroatoms. The van der Waals surface area contributed by atoms with Gasteiger partial charge in [-0.15, -0.1) is 0 Å². The van der Waals surface area contributed by atoms with Gasteiger partial charge in [0.15, 0.2) is 11.5 Å². The average molecular weight is 476 g/mol. The largest absolute Gasteiger partial charge is 0.506 e. The van der Waals surface area contributed by atoms with Gasteiger partial charge in [-0.05, 0) is 58.8 Å². The molecule has 2 aromatic rings. The normalized spacial score (nSPS) is 16.5. The SMILES string of the molecule is CCOC(=O)C1=C(O)C(=Cc2cc(Br)c(O)c(OC)c2)SC1=Nc1ccccc1. The lowest BCUT2D eigenvalue weighted by Gasteiger charge is -2.07. The minimum atomic E-state index is -0.639. The van der Waals surface area contributed by atoms with Gasteiger partial charge in [-0.25, -0.2) is 9.79 Å². The van der Waals surface area contributed by atoms with Gasteiger partial charge in [0.2, 0.25) is 0 Å². The van der Waals surface area contributed by atoms with Crippen molar-refractivity contribution >= 4 is 50.5 Å². The molecule has 3 rings (SSSR count). The lowest BCUT2D eigenvalue weighted by atomic mass is 10.1. The van der Waals surface area contributed by atoms with Crippen molar-refractivity contribution in [3.63, 3.8) is 0 Å². The summed E-state index contributed by atoms with van der Waals surface area (Å²) in [4.78, 5) is 17.4. The number of aliphatic hydroxyl groups is 1. The predicted molar refractivity (Wildman–Crippen MR) is 118 cm³/mol. The smallest absolute Gasteiger partial charge is 0.344 e. The van der Waals surface area contributed by atoms with E-state index in [9.17, 15) is 15.0 Å². The Labute approximate surface area is 180 Å². The second-order valence-corrected chi connectivity index (χ2v) is 7.75. The van der Waals surface area contributed by atoms with E-state index in [4.69, 9.17) is 9.47 Å². The summed E-state index contributed by atoms with van der Waals surface area (Å²) < 4.78 is 10.7. The molecule has 1 aliphatic rings. The highest BCUT2D eigenvalue weighted by Crippen LogP contribution is 2.42. The number of thioether (sulfide) groups is 1. The highest BCUT2D eigenvalue weighted by atomic mass is 79.9. The Bertz CT molecular complexity index is 1030. The molecule has 0 radical (unpaired) electrons. The zero-order chi connectivity index (χ0) is 21.0. The summed E-state index contributed by atoms with van der Waals surface area (Å²) in [5.41, 5.74) is 1.33. The third-order valence-corrected chi connectivity index (χ3v) is 5.55. The van der Waals surface area contributed by atoms with Crippen molar-refractivity contribution < 1.29 is 24.5 Å². The Kier molecular flexibility index (Phi) is 6.66. The number of aliphatic imine (C=N–C) groups is 1. The number of para-hydroxylation sites is 1. The second-order valence-electron chi connectivity index (χ2n) is 5.86. The standard InChI is InChI=1S/C21H18BrNO5S/c1-3-28-21(26)17-19(25)16(29-20(17)23-13-7-5-4-6-8-13)11-12-9-14(22)18(24)15(10-12)27-2/h4-11,24-25H,3H2,1-2H3. The Morgan fingerprint density at radius 3 is 2.62 bits per heavy atom. The fourth-order valence-corrected chi connectivity index (χ4v) is 4.09. The van der Waals surface area contributed by atoms with E-state index in [-0.39, 0.29) is 29.4 Å². The van der Waals surface area contributed by atoms with Crippen LogP contribution < -0.4 is 4.74 Å². The van der Waals surface area contributed by atoms with Crippen LogP contribution in [0.3, 0.4) is 0 Å². The molecule has 0 atom stereocenters. The van der Waals surface area contributed by atoms with E-state index in [2.05, 4.69) is 20.9 Å². The van der Waals surface area contributed by atoms with Crippen LogP contribution in [0.15, 0.2) is 68.2 Å². The van der Waals surface area contributed by atoms with Crippen molar-refractivity contribution in [2.75, 3.05) is 13.7 Å². The molecule has 0 aliphatic carbocycles. The maximum absolute atomic E-state index is 12.4. The van der Waals surface area contributed by atoms with Crippen molar-refractivity contribution in [1.82, 2.24) is 0 Å². The molecule has 2 aromatic carbocycles. The Hall–Kier alpha value is -2.71. The lowest BCUT2D eigenvalue weighted by Crippen LogP contribution is -2.12. The van der Waals surface area contributed by atoms with Gasteiger partial charge >= 0.3 is 5.97 Å². The summed E-state index contributed by atoms with van der Waals surface area (Å²) >= 11 is 4.44. The first-order valence-corrected chi connectivity index (χ1v) is 10.3. The topological polar surface area (TPSA) is 88.4 Å². The molecule has 0 saturated carbocycles. The molecule has 0 fully saturated rings. The van der Waals surface area contributed by atoms with Gasteiger partial charge in [0.05, 0.1) is 28.8 Å². The summed E-state index contributed by atoms with van der Waals surface area (Å²) in [6, 6.07) is 12.4. The van der Waals surface area contributed by atoms with E-state index in [1.165, 1.54) is 7.11 Å². The van der Waals surface area contributed by atoms with Crippen LogP contribution >= 0.6 is 27.7 Å². The third kappa shape index (κ3) is 4.65.